The number of aromatic nitrogens is 1. The molecule has 1 heterocycles. The molecule has 1 fully saturated rings. The summed E-state index contributed by atoms with van der Waals surface area (Å²) in [5.74, 6) is -0.0464. The van der Waals surface area contributed by atoms with Crippen LogP contribution in [0.1, 0.15) is 43.0 Å². The minimum Gasteiger partial charge on any atom is -0.477 e. The molecule has 4 nitrogen and oxygen atoms in total. The first kappa shape index (κ1) is 13.3. The summed E-state index contributed by atoms with van der Waals surface area (Å²) in [6, 6.07) is 1.52. The highest BCUT2D eigenvalue weighted by Gasteiger charge is 2.22. The second-order valence-corrected chi connectivity index (χ2v) is 5.73. The Hall–Kier alpha value is -1.10. The molecule has 0 atom stereocenters. The summed E-state index contributed by atoms with van der Waals surface area (Å²) in [4.78, 5) is 15.2. The molecule has 0 spiro atoms. The van der Waals surface area contributed by atoms with Crippen LogP contribution in [0.15, 0.2) is 16.7 Å². The zero-order valence-electron chi connectivity index (χ0n) is 10.2. The van der Waals surface area contributed by atoms with Gasteiger partial charge in [0.15, 0.2) is 0 Å². The van der Waals surface area contributed by atoms with Crippen LogP contribution < -0.4 is 4.74 Å². The minimum absolute atomic E-state index is 0.0907. The SMILES string of the molecule is CC1CCC(Oc2ncc(Br)cc2C(=O)O)CC1. The Balaban J connectivity index is 2.11. The number of halogens is 1. The molecule has 1 saturated carbocycles. The van der Waals surface area contributed by atoms with Gasteiger partial charge in [-0.25, -0.2) is 9.78 Å². The Kier molecular flexibility index (Phi) is 4.22. The van der Waals surface area contributed by atoms with Crippen molar-refractivity contribution < 1.29 is 14.6 Å². The van der Waals surface area contributed by atoms with Gasteiger partial charge in [-0.3, -0.25) is 0 Å². The molecule has 98 valence electrons. The number of carbonyl (C=O) groups is 1. The van der Waals surface area contributed by atoms with Crippen molar-refractivity contribution in [3.05, 3.63) is 22.3 Å². The van der Waals surface area contributed by atoms with Gasteiger partial charge in [0.05, 0.1) is 0 Å². The number of hydrogen-bond acceptors (Lipinski definition) is 3. The lowest BCUT2D eigenvalue weighted by atomic mass is 9.89. The van der Waals surface area contributed by atoms with Gasteiger partial charge in [0.2, 0.25) is 5.88 Å². The third kappa shape index (κ3) is 3.22. The van der Waals surface area contributed by atoms with E-state index in [1.807, 2.05) is 0 Å². The van der Waals surface area contributed by atoms with Crippen molar-refractivity contribution in [2.45, 2.75) is 38.7 Å². The Morgan fingerprint density at radius 3 is 2.72 bits per heavy atom. The van der Waals surface area contributed by atoms with Crippen LogP contribution in [0.3, 0.4) is 0 Å². The second kappa shape index (κ2) is 5.69. The molecule has 18 heavy (non-hydrogen) atoms. The normalized spacial score (nSPS) is 23.7. The second-order valence-electron chi connectivity index (χ2n) is 4.81. The maximum atomic E-state index is 11.1. The fraction of sp³-hybridized carbons (Fsp3) is 0.538. The lowest BCUT2D eigenvalue weighted by molar-refractivity contribution is 0.0681. The Bertz CT molecular complexity index is 442. The van der Waals surface area contributed by atoms with E-state index in [1.54, 1.807) is 6.20 Å². The van der Waals surface area contributed by atoms with Crippen molar-refractivity contribution in [2.75, 3.05) is 0 Å². The van der Waals surface area contributed by atoms with Crippen LogP contribution in [0, 0.1) is 5.92 Å². The van der Waals surface area contributed by atoms with Crippen molar-refractivity contribution in [3.63, 3.8) is 0 Å². The topological polar surface area (TPSA) is 59.4 Å². The molecule has 1 aliphatic rings. The number of aromatic carboxylic acids is 1. The Morgan fingerprint density at radius 2 is 2.11 bits per heavy atom. The van der Waals surface area contributed by atoms with E-state index in [2.05, 4.69) is 27.8 Å². The van der Waals surface area contributed by atoms with Crippen LogP contribution >= 0.6 is 15.9 Å². The molecule has 0 aromatic carbocycles. The molecular formula is C13H16BrNO3. The fourth-order valence-electron chi connectivity index (χ4n) is 2.18. The van der Waals surface area contributed by atoms with E-state index in [1.165, 1.54) is 6.07 Å². The standard InChI is InChI=1S/C13H16BrNO3/c1-8-2-4-10(5-3-8)18-12-11(13(16)17)6-9(14)7-15-12/h6-8,10H,2-5H2,1H3,(H,16,17). The van der Waals surface area contributed by atoms with Gasteiger partial charge in [-0.1, -0.05) is 6.92 Å². The number of rotatable bonds is 3. The first-order valence-corrected chi connectivity index (χ1v) is 6.91. The fourth-order valence-corrected chi connectivity index (χ4v) is 2.51. The molecular weight excluding hydrogens is 298 g/mol. The molecule has 1 aromatic heterocycles. The smallest absolute Gasteiger partial charge is 0.341 e. The molecule has 2 rings (SSSR count). The third-order valence-electron chi connectivity index (χ3n) is 3.29. The van der Waals surface area contributed by atoms with Gasteiger partial charge in [-0.15, -0.1) is 0 Å². The van der Waals surface area contributed by atoms with Crippen molar-refractivity contribution in [1.29, 1.82) is 0 Å². The van der Waals surface area contributed by atoms with Gasteiger partial charge in [-0.2, -0.15) is 0 Å². The van der Waals surface area contributed by atoms with Crippen LogP contribution in [-0.2, 0) is 0 Å². The molecule has 0 radical (unpaired) electrons. The maximum absolute atomic E-state index is 11.1. The van der Waals surface area contributed by atoms with E-state index < -0.39 is 5.97 Å². The lowest BCUT2D eigenvalue weighted by Gasteiger charge is -2.26. The van der Waals surface area contributed by atoms with E-state index in [9.17, 15) is 4.79 Å². The molecule has 1 aromatic rings. The summed E-state index contributed by atoms with van der Waals surface area (Å²) in [6.07, 6.45) is 5.85. The maximum Gasteiger partial charge on any atom is 0.341 e. The number of ether oxygens (including phenoxy) is 1. The largest absolute Gasteiger partial charge is 0.477 e. The van der Waals surface area contributed by atoms with Gasteiger partial charge in [-0.05, 0) is 53.6 Å². The predicted octanol–water partition coefficient (Wildman–Crippen LogP) is 3.50. The van der Waals surface area contributed by atoms with Crippen molar-refractivity contribution in [3.8, 4) is 5.88 Å². The summed E-state index contributed by atoms with van der Waals surface area (Å²) in [5, 5.41) is 9.12. The zero-order chi connectivity index (χ0) is 13.1. The zero-order valence-corrected chi connectivity index (χ0v) is 11.8. The molecule has 0 amide bonds. The van der Waals surface area contributed by atoms with E-state index in [0.717, 1.165) is 31.6 Å². The van der Waals surface area contributed by atoms with Gasteiger partial charge in [0.25, 0.3) is 0 Å². The number of carboxylic acids is 1. The first-order valence-electron chi connectivity index (χ1n) is 6.11. The van der Waals surface area contributed by atoms with Crippen molar-refractivity contribution in [1.82, 2.24) is 4.98 Å². The summed E-state index contributed by atoms with van der Waals surface area (Å²) < 4.78 is 6.38. The number of pyridine rings is 1. The predicted molar refractivity (Wildman–Crippen MR) is 70.9 cm³/mol. The van der Waals surface area contributed by atoms with Gasteiger partial charge in [0.1, 0.15) is 11.7 Å². The summed E-state index contributed by atoms with van der Waals surface area (Å²) in [6.45, 7) is 2.23. The summed E-state index contributed by atoms with van der Waals surface area (Å²) in [5.41, 5.74) is 0.114. The Morgan fingerprint density at radius 1 is 1.44 bits per heavy atom. The first-order chi connectivity index (χ1) is 8.56. The van der Waals surface area contributed by atoms with Gasteiger partial charge in [0, 0.05) is 10.7 Å². The summed E-state index contributed by atoms with van der Waals surface area (Å²) >= 11 is 3.22. The van der Waals surface area contributed by atoms with Crippen LogP contribution in [0.4, 0.5) is 0 Å². The van der Waals surface area contributed by atoms with Gasteiger partial charge >= 0.3 is 5.97 Å². The molecule has 0 bridgehead atoms. The average Bonchev–Trinajstić information content (AvgIpc) is 2.34. The molecule has 5 heteroatoms. The highest BCUT2D eigenvalue weighted by atomic mass is 79.9. The van der Waals surface area contributed by atoms with Crippen LogP contribution in [-0.4, -0.2) is 22.2 Å². The van der Waals surface area contributed by atoms with Crippen molar-refractivity contribution >= 4 is 21.9 Å². The Labute approximate surface area is 115 Å². The van der Waals surface area contributed by atoms with E-state index in [0.29, 0.717) is 4.47 Å². The monoisotopic (exact) mass is 313 g/mol. The molecule has 1 N–H and O–H groups in total. The third-order valence-corrected chi connectivity index (χ3v) is 3.72. The quantitative estimate of drug-likeness (QED) is 0.927. The average molecular weight is 314 g/mol. The molecule has 0 aliphatic heterocycles. The lowest BCUT2D eigenvalue weighted by Crippen LogP contribution is -2.24. The number of nitrogens with zero attached hydrogens (tertiary/aromatic N) is 1. The van der Waals surface area contributed by atoms with E-state index in [-0.39, 0.29) is 17.5 Å². The van der Waals surface area contributed by atoms with Crippen LogP contribution in [0.5, 0.6) is 5.88 Å². The molecule has 0 unspecified atom stereocenters. The van der Waals surface area contributed by atoms with Gasteiger partial charge < -0.3 is 9.84 Å². The molecule has 1 aliphatic carbocycles. The summed E-state index contributed by atoms with van der Waals surface area (Å²) in [7, 11) is 0. The highest BCUT2D eigenvalue weighted by molar-refractivity contribution is 9.10. The van der Waals surface area contributed by atoms with Crippen molar-refractivity contribution in [2.24, 2.45) is 5.92 Å². The number of hydrogen-bond donors (Lipinski definition) is 1. The van der Waals surface area contributed by atoms with Crippen LogP contribution in [0.25, 0.3) is 0 Å². The number of carboxylic acid groups (broad SMARTS) is 1. The highest BCUT2D eigenvalue weighted by Crippen LogP contribution is 2.28. The van der Waals surface area contributed by atoms with Crippen LogP contribution in [0.2, 0.25) is 0 Å². The van der Waals surface area contributed by atoms with E-state index >= 15 is 0 Å². The minimum atomic E-state index is -1.01. The molecule has 0 saturated heterocycles. The van der Waals surface area contributed by atoms with E-state index in [4.69, 9.17) is 9.84 Å².